The number of carbonyl (C=O) groups excluding carboxylic acids is 2. The minimum absolute atomic E-state index is 0.0300. The fourth-order valence-corrected chi connectivity index (χ4v) is 8.41. The third-order valence-corrected chi connectivity index (χ3v) is 12.2. The largest absolute Gasteiger partial charge is 0.486 e. The molecule has 0 saturated heterocycles. The van der Waals surface area contributed by atoms with Gasteiger partial charge >= 0.3 is 6.01 Å². The van der Waals surface area contributed by atoms with Gasteiger partial charge in [0, 0.05) is 101 Å². The first-order valence-corrected chi connectivity index (χ1v) is 22.7. The summed E-state index contributed by atoms with van der Waals surface area (Å²) >= 11 is 0. The van der Waals surface area contributed by atoms with Crippen LogP contribution in [0.25, 0.3) is 0 Å². The van der Waals surface area contributed by atoms with Crippen molar-refractivity contribution in [1.82, 2.24) is 40.4 Å². The van der Waals surface area contributed by atoms with Crippen LogP contribution in [0.1, 0.15) is 73.6 Å². The first kappa shape index (κ1) is 47.3. The standard InChI is InChI=1S/C51H56F2N10O5/c1-54-20-18-45(35-8-6-5-7-9-35)67-39-16-15-38(44(53)26-39)32-63-25-24-61(48-42(50(63)65)29-57-51(59-48)66-4)30-34-10-12-36(13-11-34)46(19-21-55-2)68-40-17-14-37(43(52)27-40)31-62-23-22-60(3)47-41(49(62)64)28-56-33-58-47/h5-17,26-29,33,45-46,54-55H,18-25,30-32H2,1-4H3/t45-,46-/m0/s1. The lowest BCUT2D eigenvalue weighted by molar-refractivity contribution is 0.0745. The van der Waals surface area contributed by atoms with Crippen LogP contribution in [-0.4, -0.2) is 109 Å². The van der Waals surface area contributed by atoms with E-state index in [1.54, 1.807) is 34.1 Å². The minimum Gasteiger partial charge on any atom is -0.486 e. The zero-order valence-corrected chi connectivity index (χ0v) is 38.7. The van der Waals surface area contributed by atoms with Gasteiger partial charge in [-0.1, -0.05) is 66.7 Å². The zero-order chi connectivity index (χ0) is 47.6. The highest BCUT2D eigenvalue weighted by Crippen LogP contribution is 2.32. The van der Waals surface area contributed by atoms with Crippen molar-refractivity contribution in [1.29, 1.82) is 0 Å². The molecular formula is C51H56F2N10O5. The van der Waals surface area contributed by atoms with Crippen molar-refractivity contribution in [2.24, 2.45) is 0 Å². The Kier molecular flexibility index (Phi) is 15.3. The zero-order valence-electron chi connectivity index (χ0n) is 38.7. The summed E-state index contributed by atoms with van der Waals surface area (Å²) in [5.74, 6) is 0.209. The predicted molar refractivity (Wildman–Crippen MR) is 254 cm³/mol. The van der Waals surface area contributed by atoms with E-state index in [4.69, 9.17) is 14.2 Å². The normalized spacial score (nSPS) is 14.7. The van der Waals surface area contributed by atoms with Crippen LogP contribution in [0.4, 0.5) is 20.4 Å². The van der Waals surface area contributed by atoms with Gasteiger partial charge in [0.05, 0.1) is 7.11 Å². The lowest BCUT2D eigenvalue weighted by Crippen LogP contribution is -2.34. The molecule has 354 valence electrons. The Hall–Kier alpha value is -7.24. The summed E-state index contributed by atoms with van der Waals surface area (Å²) in [7, 11) is 7.08. The molecule has 2 atom stereocenters. The number of hydrogen-bond donors (Lipinski definition) is 2. The Morgan fingerprint density at radius 3 is 1.78 bits per heavy atom. The molecule has 0 unspecified atom stereocenters. The third-order valence-electron chi connectivity index (χ3n) is 12.2. The number of halogens is 2. The van der Waals surface area contributed by atoms with E-state index in [0.717, 1.165) is 23.2 Å². The number of likely N-dealkylation sites (N-methyl/N-ethyl adjacent to an activating group) is 1. The summed E-state index contributed by atoms with van der Waals surface area (Å²) in [6, 6.07) is 27.5. The van der Waals surface area contributed by atoms with E-state index in [9.17, 15) is 9.59 Å². The molecule has 8 rings (SSSR count). The molecule has 4 heterocycles. The molecule has 17 heteroatoms. The molecule has 2 aliphatic heterocycles. The molecule has 0 aliphatic carbocycles. The lowest BCUT2D eigenvalue weighted by Gasteiger charge is -2.25. The van der Waals surface area contributed by atoms with Crippen molar-refractivity contribution in [2.75, 3.05) is 77.3 Å². The number of fused-ring (bicyclic) bond motifs is 2. The van der Waals surface area contributed by atoms with Crippen LogP contribution in [0.15, 0.2) is 110 Å². The monoisotopic (exact) mass is 926 g/mol. The molecule has 2 amide bonds. The summed E-state index contributed by atoms with van der Waals surface area (Å²) in [5, 5.41) is 6.34. The van der Waals surface area contributed by atoms with Gasteiger partial charge in [0.2, 0.25) is 0 Å². The highest BCUT2D eigenvalue weighted by molar-refractivity contribution is 6.00. The summed E-state index contributed by atoms with van der Waals surface area (Å²) in [4.78, 5) is 51.9. The topological polar surface area (TPSA) is 150 Å². The minimum atomic E-state index is -0.475. The molecule has 4 aromatic carbocycles. The lowest BCUT2D eigenvalue weighted by atomic mass is 10.0. The maximum Gasteiger partial charge on any atom is 0.318 e. The van der Waals surface area contributed by atoms with E-state index < -0.39 is 17.7 Å². The van der Waals surface area contributed by atoms with Crippen LogP contribution in [0, 0.1) is 11.6 Å². The maximum absolute atomic E-state index is 15.8. The van der Waals surface area contributed by atoms with Crippen molar-refractivity contribution >= 4 is 23.5 Å². The molecule has 0 fully saturated rings. The number of aromatic nitrogens is 4. The van der Waals surface area contributed by atoms with Gasteiger partial charge in [-0.15, -0.1) is 0 Å². The number of ether oxygens (including phenoxy) is 3. The van der Waals surface area contributed by atoms with E-state index in [0.29, 0.717) is 85.4 Å². The van der Waals surface area contributed by atoms with Crippen molar-refractivity contribution in [3.8, 4) is 17.5 Å². The van der Waals surface area contributed by atoms with Crippen LogP contribution < -0.4 is 34.6 Å². The van der Waals surface area contributed by atoms with E-state index in [1.807, 2.05) is 85.5 Å². The molecule has 15 nitrogen and oxygen atoms in total. The maximum atomic E-state index is 15.8. The molecular weight excluding hydrogens is 871 g/mol. The van der Waals surface area contributed by atoms with Crippen LogP contribution >= 0.6 is 0 Å². The van der Waals surface area contributed by atoms with Gasteiger partial charge in [0.1, 0.15) is 64.4 Å². The Labute approximate surface area is 395 Å². The molecule has 68 heavy (non-hydrogen) atoms. The Bertz CT molecular complexity index is 2680. The van der Waals surface area contributed by atoms with Crippen LogP contribution in [0.2, 0.25) is 0 Å². The predicted octanol–water partition coefficient (Wildman–Crippen LogP) is 6.77. The van der Waals surface area contributed by atoms with Gasteiger partial charge in [-0.3, -0.25) is 9.59 Å². The number of nitrogens with one attached hydrogen (secondary N) is 2. The molecule has 2 aromatic heterocycles. The van der Waals surface area contributed by atoms with E-state index in [2.05, 4.69) is 30.6 Å². The summed E-state index contributed by atoms with van der Waals surface area (Å²) in [6.45, 7) is 3.51. The second kappa shape index (κ2) is 22.0. The highest BCUT2D eigenvalue weighted by Gasteiger charge is 2.31. The summed E-state index contributed by atoms with van der Waals surface area (Å²) < 4.78 is 49.7. The van der Waals surface area contributed by atoms with Gasteiger partial charge in [-0.25, -0.2) is 23.7 Å². The fraction of sp³-hybridized carbons (Fsp3) is 0.333. The number of nitrogens with zero attached hydrogens (tertiary/aromatic N) is 8. The molecule has 0 bridgehead atoms. The quantitative estimate of drug-likeness (QED) is 0.0881. The number of carbonyl (C=O) groups is 2. The van der Waals surface area contributed by atoms with E-state index in [1.165, 1.54) is 38.0 Å². The number of anilines is 2. The SMILES string of the molecule is CNCC[C@H](Oc1ccc(CN2CCN(C)c3ncncc3C2=O)c(F)c1)c1ccc(CN2CCN(Cc3ccc(O[C@@H](CCNC)c4ccccc4)cc3F)C(=O)c3cnc(OC)nc32)cc1. The fourth-order valence-electron chi connectivity index (χ4n) is 8.41. The molecule has 6 aromatic rings. The number of amides is 2. The van der Waals surface area contributed by atoms with E-state index in [-0.39, 0.29) is 49.1 Å². The Morgan fingerprint density at radius 1 is 0.647 bits per heavy atom. The van der Waals surface area contributed by atoms with Gasteiger partial charge in [0.15, 0.2) is 0 Å². The summed E-state index contributed by atoms with van der Waals surface area (Å²) in [5.41, 5.74) is 4.21. The van der Waals surface area contributed by atoms with Crippen LogP contribution in [0.5, 0.6) is 17.5 Å². The second-order valence-electron chi connectivity index (χ2n) is 16.8. The Balaban J connectivity index is 0.943. The van der Waals surface area contributed by atoms with Gasteiger partial charge in [0.25, 0.3) is 11.8 Å². The van der Waals surface area contributed by atoms with Crippen molar-refractivity contribution < 1.29 is 32.6 Å². The first-order valence-electron chi connectivity index (χ1n) is 22.7. The van der Waals surface area contributed by atoms with Crippen molar-refractivity contribution in [2.45, 2.75) is 44.7 Å². The van der Waals surface area contributed by atoms with Gasteiger partial charge in [-0.2, -0.15) is 4.98 Å². The molecule has 0 spiro atoms. The highest BCUT2D eigenvalue weighted by atomic mass is 19.1. The van der Waals surface area contributed by atoms with Crippen LogP contribution in [0.3, 0.4) is 0 Å². The summed E-state index contributed by atoms with van der Waals surface area (Å²) in [6.07, 6.45) is 4.99. The van der Waals surface area contributed by atoms with Gasteiger partial charge < -0.3 is 44.4 Å². The third kappa shape index (κ3) is 11.1. The average molecular weight is 927 g/mol. The average Bonchev–Trinajstić information content (AvgIpc) is 3.56. The van der Waals surface area contributed by atoms with Crippen LogP contribution in [-0.2, 0) is 19.6 Å². The number of benzene rings is 4. The molecule has 2 N–H and O–H groups in total. The number of methoxy groups -OCH3 is 1. The van der Waals surface area contributed by atoms with Crippen molar-refractivity contribution in [3.05, 3.63) is 160 Å². The Morgan fingerprint density at radius 2 is 1.21 bits per heavy atom. The number of hydrogen-bond acceptors (Lipinski definition) is 13. The smallest absolute Gasteiger partial charge is 0.318 e. The first-order chi connectivity index (χ1) is 33.1. The molecule has 2 aliphatic rings. The van der Waals surface area contributed by atoms with E-state index >= 15 is 8.78 Å². The second-order valence-corrected chi connectivity index (χ2v) is 16.8. The molecule has 0 saturated carbocycles. The van der Waals surface area contributed by atoms with Gasteiger partial charge in [-0.05, 0) is 56.0 Å². The van der Waals surface area contributed by atoms with Crippen molar-refractivity contribution in [3.63, 3.8) is 0 Å². The number of rotatable bonds is 19. The molecule has 0 radical (unpaired) electrons.